The molecule has 0 amide bonds. The van der Waals surface area contributed by atoms with Gasteiger partial charge in [0.05, 0.1) is 6.04 Å². The predicted octanol–water partition coefficient (Wildman–Crippen LogP) is 4.16. The Labute approximate surface area is 160 Å². The van der Waals surface area contributed by atoms with Crippen molar-refractivity contribution in [1.82, 2.24) is 14.8 Å². The summed E-state index contributed by atoms with van der Waals surface area (Å²) in [6.07, 6.45) is 0. The monoisotopic (exact) mass is 383 g/mol. The zero-order chi connectivity index (χ0) is 17.3. The maximum atomic E-state index is 5.69. The standard InChI is InChI=1S/C19H17N3O2S2/c1-2-4-13(5-3-1)18-20-21-19-22(18)14(12-26-19)11-25-15-6-7-16-17(10-15)24-9-8-23-16/h1-7,10,14H,8-9,11-12H2/t14-/m0/s1. The van der Waals surface area contributed by atoms with Crippen molar-refractivity contribution in [1.29, 1.82) is 0 Å². The Morgan fingerprint density at radius 3 is 2.77 bits per heavy atom. The van der Waals surface area contributed by atoms with Gasteiger partial charge in [0.15, 0.2) is 22.5 Å². The van der Waals surface area contributed by atoms with Crippen molar-refractivity contribution in [3.8, 4) is 22.9 Å². The highest BCUT2D eigenvalue weighted by Gasteiger charge is 2.28. The molecule has 0 aliphatic carbocycles. The summed E-state index contributed by atoms with van der Waals surface area (Å²) < 4.78 is 13.6. The fraction of sp³-hybridized carbons (Fsp3) is 0.263. The van der Waals surface area contributed by atoms with Crippen molar-refractivity contribution in [2.24, 2.45) is 0 Å². The lowest BCUT2D eigenvalue weighted by Gasteiger charge is -2.19. The van der Waals surface area contributed by atoms with Crippen LogP contribution in [0.4, 0.5) is 0 Å². The summed E-state index contributed by atoms with van der Waals surface area (Å²) in [6, 6.07) is 16.8. The summed E-state index contributed by atoms with van der Waals surface area (Å²) in [7, 11) is 0. The Balaban J connectivity index is 1.35. The van der Waals surface area contributed by atoms with Crippen LogP contribution in [-0.2, 0) is 0 Å². The van der Waals surface area contributed by atoms with E-state index in [9.17, 15) is 0 Å². The van der Waals surface area contributed by atoms with E-state index in [-0.39, 0.29) is 0 Å². The summed E-state index contributed by atoms with van der Waals surface area (Å²) in [5.74, 6) is 4.64. The average Bonchev–Trinajstić information content (AvgIpc) is 3.29. The first kappa shape index (κ1) is 16.1. The van der Waals surface area contributed by atoms with Crippen LogP contribution in [0.5, 0.6) is 11.5 Å². The molecule has 0 N–H and O–H groups in total. The molecular weight excluding hydrogens is 366 g/mol. The SMILES string of the molecule is c1ccc(-c2nnc3n2[C@@H](CSc2ccc4c(c2)OCCO4)CS3)cc1. The smallest absolute Gasteiger partial charge is 0.191 e. The minimum atomic E-state index is 0.374. The summed E-state index contributed by atoms with van der Waals surface area (Å²) in [5.41, 5.74) is 1.11. The van der Waals surface area contributed by atoms with Gasteiger partial charge in [-0.1, -0.05) is 42.1 Å². The second-order valence-electron chi connectivity index (χ2n) is 6.12. The van der Waals surface area contributed by atoms with E-state index in [4.69, 9.17) is 9.47 Å². The van der Waals surface area contributed by atoms with Crippen LogP contribution < -0.4 is 9.47 Å². The van der Waals surface area contributed by atoms with Crippen LogP contribution in [0.25, 0.3) is 11.4 Å². The van der Waals surface area contributed by atoms with Crippen LogP contribution in [0.15, 0.2) is 58.6 Å². The number of ether oxygens (including phenoxy) is 2. The Kier molecular flexibility index (Phi) is 4.26. The van der Waals surface area contributed by atoms with Gasteiger partial charge >= 0.3 is 0 Å². The lowest BCUT2D eigenvalue weighted by Crippen LogP contribution is -2.15. The molecular formula is C19H17N3O2S2. The van der Waals surface area contributed by atoms with Crippen LogP contribution in [0.3, 0.4) is 0 Å². The summed E-state index contributed by atoms with van der Waals surface area (Å²) in [6.45, 7) is 1.24. The summed E-state index contributed by atoms with van der Waals surface area (Å²) in [4.78, 5) is 1.20. The number of thioether (sulfide) groups is 2. The van der Waals surface area contributed by atoms with Gasteiger partial charge in [0.2, 0.25) is 0 Å². The highest BCUT2D eigenvalue weighted by molar-refractivity contribution is 8.00. The highest BCUT2D eigenvalue weighted by atomic mass is 32.2. The van der Waals surface area contributed by atoms with Gasteiger partial charge in [0.25, 0.3) is 0 Å². The predicted molar refractivity (Wildman–Crippen MR) is 103 cm³/mol. The van der Waals surface area contributed by atoms with Crippen molar-refractivity contribution in [3.63, 3.8) is 0 Å². The maximum absolute atomic E-state index is 5.69. The minimum Gasteiger partial charge on any atom is -0.486 e. The molecule has 0 fully saturated rings. The quantitative estimate of drug-likeness (QED) is 0.631. The first-order chi connectivity index (χ1) is 12.9. The molecule has 0 saturated carbocycles. The molecule has 0 bridgehead atoms. The Morgan fingerprint density at radius 1 is 1.04 bits per heavy atom. The first-order valence-corrected chi connectivity index (χ1v) is 10.5. The van der Waals surface area contributed by atoms with E-state index in [0.717, 1.165) is 39.5 Å². The average molecular weight is 383 g/mol. The number of hydrogen-bond donors (Lipinski definition) is 0. The van der Waals surface area contributed by atoms with Crippen molar-refractivity contribution >= 4 is 23.5 Å². The van der Waals surface area contributed by atoms with Crippen LogP contribution in [0, 0.1) is 0 Å². The minimum absolute atomic E-state index is 0.374. The van der Waals surface area contributed by atoms with E-state index < -0.39 is 0 Å². The molecule has 26 heavy (non-hydrogen) atoms. The van der Waals surface area contributed by atoms with Crippen molar-refractivity contribution in [3.05, 3.63) is 48.5 Å². The molecule has 2 aromatic carbocycles. The van der Waals surface area contributed by atoms with E-state index in [0.29, 0.717) is 19.3 Å². The number of rotatable bonds is 4. The molecule has 5 rings (SSSR count). The van der Waals surface area contributed by atoms with Crippen LogP contribution in [0.2, 0.25) is 0 Å². The van der Waals surface area contributed by atoms with Crippen molar-refractivity contribution < 1.29 is 9.47 Å². The fourth-order valence-electron chi connectivity index (χ4n) is 3.16. The third-order valence-corrected chi connectivity index (χ3v) is 6.65. The Bertz CT molecular complexity index is 930. The van der Waals surface area contributed by atoms with Crippen LogP contribution in [-0.4, -0.2) is 39.5 Å². The zero-order valence-electron chi connectivity index (χ0n) is 14.0. The Morgan fingerprint density at radius 2 is 1.88 bits per heavy atom. The zero-order valence-corrected chi connectivity index (χ0v) is 15.6. The lowest BCUT2D eigenvalue weighted by atomic mass is 10.2. The second kappa shape index (κ2) is 6.89. The van der Waals surface area contributed by atoms with E-state index in [1.165, 1.54) is 4.90 Å². The molecule has 2 aliphatic rings. The highest BCUT2D eigenvalue weighted by Crippen LogP contribution is 2.40. The van der Waals surface area contributed by atoms with Gasteiger partial charge in [-0.2, -0.15) is 0 Å². The fourth-order valence-corrected chi connectivity index (χ4v) is 5.40. The topological polar surface area (TPSA) is 49.2 Å². The molecule has 0 saturated heterocycles. The third-order valence-electron chi connectivity index (χ3n) is 4.42. The summed E-state index contributed by atoms with van der Waals surface area (Å²) in [5, 5.41) is 9.79. The molecule has 1 atom stereocenters. The van der Waals surface area contributed by atoms with E-state index in [2.05, 4.69) is 39.0 Å². The molecule has 3 aromatic rings. The first-order valence-electron chi connectivity index (χ1n) is 8.54. The van der Waals surface area contributed by atoms with Gasteiger partial charge in [0.1, 0.15) is 13.2 Å². The molecule has 0 unspecified atom stereocenters. The van der Waals surface area contributed by atoms with Gasteiger partial charge in [0, 0.05) is 22.0 Å². The second-order valence-corrected chi connectivity index (χ2v) is 8.20. The number of hydrogen-bond acceptors (Lipinski definition) is 6. The van der Waals surface area contributed by atoms with E-state index >= 15 is 0 Å². The molecule has 0 spiro atoms. The van der Waals surface area contributed by atoms with Crippen molar-refractivity contribution in [2.45, 2.75) is 16.1 Å². The largest absolute Gasteiger partial charge is 0.486 e. The molecule has 3 heterocycles. The summed E-state index contributed by atoms with van der Waals surface area (Å²) >= 11 is 3.62. The molecule has 7 heteroatoms. The number of nitrogens with zero attached hydrogens (tertiary/aromatic N) is 3. The molecule has 1 aromatic heterocycles. The number of aromatic nitrogens is 3. The van der Waals surface area contributed by atoms with E-state index in [1.807, 2.05) is 36.0 Å². The molecule has 132 valence electrons. The molecule has 5 nitrogen and oxygen atoms in total. The lowest BCUT2D eigenvalue weighted by molar-refractivity contribution is 0.171. The maximum Gasteiger partial charge on any atom is 0.191 e. The van der Waals surface area contributed by atoms with Crippen LogP contribution >= 0.6 is 23.5 Å². The van der Waals surface area contributed by atoms with Gasteiger partial charge in [-0.25, -0.2) is 0 Å². The van der Waals surface area contributed by atoms with Gasteiger partial charge in [-0.3, -0.25) is 4.57 Å². The Hall–Kier alpha value is -2.12. The molecule has 2 aliphatic heterocycles. The van der Waals surface area contributed by atoms with Gasteiger partial charge in [-0.15, -0.1) is 22.0 Å². The van der Waals surface area contributed by atoms with Crippen molar-refractivity contribution in [2.75, 3.05) is 24.7 Å². The number of fused-ring (bicyclic) bond motifs is 2. The van der Waals surface area contributed by atoms with E-state index in [1.54, 1.807) is 11.8 Å². The van der Waals surface area contributed by atoms with Crippen LogP contribution in [0.1, 0.15) is 6.04 Å². The third kappa shape index (κ3) is 2.95. The van der Waals surface area contributed by atoms with Gasteiger partial charge in [-0.05, 0) is 18.2 Å². The van der Waals surface area contributed by atoms with Gasteiger partial charge < -0.3 is 9.47 Å². The normalized spacial score (nSPS) is 17.9. The number of benzene rings is 2. The molecule has 0 radical (unpaired) electrons.